The van der Waals surface area contributed by atoms with Crippen molar-refractivity contribution < 1.29 is 19.3 Å². The topological polar surface area (TPSA) is 119 Å². The summed E-state index contributed by atoms with van der Waals surface area (Å²) in [5.74, 6) is 0.0383. The fraction of sp³-hybridized carbons (Fsp3) is 0.500. The molecule has 4 atom stereocenters. The van der Waals surface area contributed by atoms with Gasteiger partial charge >= 0.3 is 0 Å². The van der Waals surface area contributed by atoms with E-state index < -0.39 is 31.2 Å². The molecule has 2 aromatic rings. The number of nitrogens with zero attached hydrogens (tertiary/aromatic N) is 4. The van der Waals surface area contributed by atoms with Crippen LogP contribution in [0.3, 0.4) is 0 Å². The Balaban J connectivity index is 2.07. The van der Waals surface area contributed by atoms with Gasteiger partial charge in [-0.25, -0.2) is 14.4 Å². The number of nitrogen functional groups attached to an aromatic ring is 1. The van der Waals surface area contributed by atoms with Gasteiger partial charge in [-0.1, -0.05) is 0 Å². The normalized spacial score (nSPS) is 30.2. The summed E-state index contributed by atoms with van der Waals surface area (Å²) < 4.78 is 21.3. The molecule has 0 aliphatic carbocycles. The van der Waals surface area contributed by atoms with E-state index in [4.69, 9.17) is 15.6 Å². The molecule has 0 amide bonds. The number of nitrogens with two attached hydrogens (primary N) is 1. The highest BCUT2D eigenvalue weighted by Crippen LogP contribution is 2.33. The van der Waals surface area contributed by atoms with Gasteiger partial charge < -0.3 is 20.7 Å². The van der Waals surface area contributed by atoms with E-state index in [-0.39, 0.29) is 5.95 Å². The summed E-state index contributed by atoms with van der Waals surface area (Å²) in [5.41, 5.74) is 6.36. The first kappa shape index (κ1) is 13.9. The molecule has 0 aromatic carbocycles. The van der Waals surface area contributed by atoms with Crippen LogP contribution in [-0.2, 0) is 4.74 Å². The van der Waals surface area contributed by atoms with Gasteiger partial charge in [-0.15, -0.1) is 0 Å². The predicted molar refractivity (Wildman–Crippen MR) is 74.4 cm³/mol. The number of aliphatic hydroxyl groups is 2. The van der Waals surface area contributed by atoms with Crippen molar-refractivity contribution in [3.8, 4) is 0 Å². The summed E-state index contributed by atoms with van der Waals surface area (Å²) in [5, 5.41) is 18.7. The number of halogens is 2. The zero-order valence-electron chi connectivity index (χ0n) is 10.0. The van der Waals surface area contributed by atoms with Gasteiger partial charge in [-0.3, -0.25) is 4.57 Å². The Hall–Kier alpha value is -1.11. The van der Waals surface area contributed by atoms with E-state index in [1.54, 1.807) is 0 Å². The molecule has 8 nitrogen and oxygen atoms in total. The Kier molecular flexibility index (Phi) is 3.48. The van der Waals surface area contributed by atoms with E-state index in [0.717, 1.165) is 0 Å². The minimum absolute atomic E-state index is 0.0383. The molecule has 1 saturated heterocycles. The van der Waals surface area contributed by atoms with Crippen molar-refractivity contribution in [1.82, 2.24) is 19.5 Å². The van der Waals surface area contributed by atoms with Gasteiger partial charge in [0.2, 0.25) is 5.95 Å². The number of ether oxygens (including phenoxy) is 1. The minimum Gasteiger partial charge on any atom is -0.394 e. The van der Waals surface area contributed by atoms with Crippen molar-refractivity contribution in [3.05, 3.63) is 10.0 Å². The molecule has 0 spiro atoms. The smallest absolute Gasteiger partial charge is 0.223 e. The molecule has 1 aliphatic heterocycles. The SMILES string of the molecule is Nc1nc(I)c2ncn([C@@H]3O[C@H](CO)C(O)C3F)c2n1. The Morgan fingerprint density at radius 3 is 2.90 bits per heavy atom. The van der Waals surface area contributed by atoms with Gasteiger partial charge in [-0.2, -0.15) is 4.98 Å². The standard InChI is InChI=1S/C10H11FIN5O3/c11-4-6(19)3(1-18)20-9(4)17-2-14-5-7(12)15-10(13)16-8(5)17/h2-4,6,9,18-19H,1H2,(H2,13,15,16)/t3-,4?,6?,9-/m1/s1. The lowest BCUT2D eigenvalue weighted by Crippen LogP contribution is -2.30. The lowest BCUT2D eigenvalue weighted by molar-refractivity contribution is -0.0459. The summed E-state index contributed by atoms with van der Waals surface area (Å²) in [6, 6.07) is 0. The maximum atomic E-state index is 14.1. The fourth-order valence-electron chi connectivity index (χ4n) is 2.16. The lowest BCUT2D eigenvalue weighted by Gasteiger charge is -2.15. The third kappa shape index (κ3) is 2.03. The zero-order chi connectivity index (χ0) is 14.4. The maximum absolute atomic E-state index is 14.1. The molecule has 0 saturated carbocycles. The average Bonchev–Trinajstić information content (AvgIpc) is 2.93. The van der Waals surface area contributed by atoms with Crippen LogP contribution in [0.25, 0.3) is 11.2 Å². The molecular weight excluding hydrogens is 384 g/mol. The number of hydrogen-bond acceptors (Lipinski definition) is 7. The van der Waals surface area contributed by atoms with Gasteiger partial charge in [0.05, 0.1) is 12.9 Å². The van der Waals surface area contributed by atoms with Gasteiger partial charge in [-0.05, 0) is 22.6 Å². The molecule has 108 valence electrons. The van der Waals surface area contributed by atoms with Crippen molar-refractivity contribution in [2.24, 2.45) is 0 Å². The molecule has 3 rings (SSSR count). The van der Waals surface area contributed by atoms with Crippen LogP contribution < -0.4 is 5.73 Å². The molecule has 20 heavy (non-hydrogen) atoms. The number of aliphatic hydroxyl groups excluding tert-OH is 2. The van der Waals surface area contributed by atoms with Crippen LogP contribution in [0.5, 0.6) is 0 Å². The number of fused-ring (bicyclic) bond motifs is 1. The summed E-state index contributed by atoms with van der Waals surface area (Å²) >= 11 is 1.95. The molecule has 1 fully saturated rings. The number of anilines is 1. The van der Waals surface area contributed by atoms with E-state index in [2.05, 4.69) is 15.0 Å². The molecule has 2 aromatic heterocycles. The largest absolute Gasteiger partial charge is 0.394 e. The molecule has 3 heterocycles. The first-order valence-corrected chi connectivity index (χ1v) is 6.84. The predicted octanol–water partition coefficient (Wildman–Crippen LogP) is -0.398. The van der Waals surface area contributed by atoms with E-state index in [1.165, 1.54) is 10.9 Å². The molecular formula is C10H11FIN5O3. The van der Waals surface area contributed by atoms with Crippen molar-refractivity contribution in [2.75, 3.05) is 12.3 Å². The first-order valence-electron chi connectivity index (χ1n) is 5.77. The van der Waals surface area contributed by atoms with Crippen molar-refractivity contribution in [2.45, 2.75) is 24.6 Å². The summed E-state index contributed by atoms with van der Waals surface area (Å²) in [7, 11) is 0. The third-order valence-electron chi connectivity index (χ3n) is 3.14. The van der Waals surface area contributed by atoms with Crippen LogP contribution in [0.15, 0.2) is 6.33 Å². The Morgan fingerprint density at radius 2 is 2.25 bits per heavy atom. The molecule has 0 radical (unpaired) electrons. The molecule has 0 bridgehead atoms. The van der Waals surface area contributed by atoms with Crippen molar-refractivity contribution in [3.63, 3.8) is 0 Å². The van der Waals surface area contributed by atoms with Crippen LogP contribution in [0.1, 0.15) is 6.23 Å². The Morgan fingerprint density at radius 1 is 1.50 bits per heavy atom. The average molecular weight is 395 g/mol. The second-order valence-electron chi connectivity index (χ2n) is 4.38. The summed E-state index contributed by atoms with van der Waals surface area (Å²) in [6.45, 7) is -0.473. The molecule has 10 heteroatoms. The van der Waals surface area contributed by atoms with Gasteiger partial charge in [0.15, 0.2) is 18.0 Å². The lowest BCUT2D eigenvalue weighted by atomic mass is 10.1. The van der Waals surface area contributed by atoms with E-state index in [0.29, 0.717) is 14.9 Å². The monoisotopic (exact) mass is 395 g/mol. The molecule has 1 aliphatic rings. The maximum Gasteiger partial charge on any atom is 0.223 e. The van der Waals surface area contributed by atoms with Gasteiger partial charge in [0, 0.05) is 0 Å². The summed E-state index contributed by atoms with van der Waals surface area (Å²) in [6.07, 6.45) is -3.84. The van der Waals surface area contributed by atoms with E-state index in [1.807, 2.05) is 22.6 Å². The fourth-order valence-corrected chi connectivity index (χ4v) is 2.79. The third-order valence-corrected chi connectivity index (χ3v) is 3.90. The van der Waals surface area contributed by atoms with E-state index >= 15 is 0 Å². The minimum atomic E-state index is -1.70. The van der Waals surface area contributed by atoms with Crippen molar-refractivity contribution in [1.29, 1.82) is 0 Å². The number of hydrogen-bond donors (Lipinski definition) is 3. The highest BCUT2D eigenvalue weighted by molar-refractivity contribution is 14.1. The quantitative estimate of drug-likeness (QED) is 0.468. The number of imidazole rings is 1. The number of rotatable bonds is 2. The number of aromatic nitrogens is 4. The van der Waals surface area contributed by atoms with Crippen LogP contribution in [-0.4, -0.2) is 54.7 Å². The highest BCUT2D eigenvalue weighted by Gasteiger charge is 2.45. The zero-order valence-corrected chi connectivity index (χ0v) is 12.2. The number of alkyl halides is 1. The van der Waals surface area contributed by atoms with Gasteiger partial charge in [0.1, 0.15) is 21.4 Å². The Labute approximate surface area is 125 Å². The molecule has 2 unspecified atom stereocenters. The second kappa shape index (κ2) is 5.02. The van der Waals surface area contributed by atoms with Crippen LogP contribution in [0.2, 0.25) is 0 Å². The van der Waals surface area contributed by atoms with Gasteiger partial charge in [0.25, 0.3) is 0 Å². The van der Waals surface area contributed by atoms with Crippen molar-refractivity contribution >= 4 is 39.7 Å². The first-order chi connectivity index (χ1) is 9.52. The molecule has 4 N–H and O–H groups in total. The highest BCUT2D eigenvalue weighted by atomic mass is 127. The van der Waals surface area contributed by atoms with Crippen LogP contribution in [0.4, 0.5) is 10.3 Å². The van der Waals surface area contributed by atoms with Crippen LogP contribution in [0, 0.1) is 3.70 Å². The van der Waals surface area contributed by atoms with E-state index in [9.17, 15) is 9.50 Å². The van der Waals surface area contributed by atoms with Crippen LogP contribution >= 0.6 is 22.6 Å². The summed E-state index contributed by atoms with van der Waals surface area (Å²) in [4.78, 5) is 12.1. The second-order valence-corrected chi connectivity index (χ2v) is 5.40. The Bertz CT molecular complexity index is 653.